The Kier molecular flexibility index (Phi) is 2.29. The van der Waals surface area contributed by atoms with Crippen LogP contribution in [-0.2, 0) is 0 Å². The number of hydrogen-bond acceptors (Lipinski definition) is 1. The van der Waals surface area contributed by atoms with Gasteiger partial charge in [0.05, 0.1) is 0 Å². The molecule has 1 fully saturated rings. The highest BCUT2D eigenvalue weighted by atomic mass is 15.3. The van der Waals surface area contributed by atoms with E-state index in [4.69, 9.17) is 0 Å². The van der Waals surface area contributed by atoms with Crippen LogP contribution in [0.1, 0.15) is 47.5 Å². The summed E-state index contributed by atoms with van der Waals surface area (Å²) in [6.07, 6.45) is 2.75. The van der Waals surface area contributed by atoms with Gasteiger partial charge in [0.25, 0.3) is 0 Å². The monoisotopic (exact) mass is 155 g/mol. The predicted molar refractivity (Wildman–Crippen MR) is 49.8 cm³/mol. The lowest BCUT2D eigenvalue weighted by atomic mass is 10.0. The lowest BCUT2D eigenvalue weighted by Crippen LogP contribution is -2.47. The van der Waals surface area contributed by atoms with E-state index in [1.54, 1.807) is 0 Å². The summed E-state index contributed by atoms with van der Waals surface area (Å²) < 4.78 is 0. The van der Waals surface area contributed by atoms with Crippen LogP contribution in [0.15, 0.2) is 0 Å². The summed E-state index contributed by atoms with van der Waals surface area (Å²) in [5, 5.41) is 0. The maximum absolute atomic E-state index is 2.63. The Morgan fingerprint density at radius 3 is 1.55 bits per heavy atom. The Morgan fingerprint density at radius 1 is 1.00 bits per heavy atom. The standard InChI is InChI=1S/C10H21N/c1-8-6-7-9(2)11(8)10(3,4)5/h8-9H,6-7H2,1-5H3/t8-,9-/m1/s1. The van der Waals surface area contributed by atoms with Gasteiger partial charge in [-0.2, -0.15) is 0 Å². The van der Waals surface area contributed by atoms with Gasteiger partial charge in [0.2, 0.25) is 0 Å². The lowest BCUT2D eigenvalue weighted by Gasteiger charge is -2.39. The van der Waals surface area contributed by atoms with Crippen LogP contribution >= 0.6 is 0 Å². The normalized spacial score (nSPS) is 34.6. The first-order valence-electron chi connectivity index (χ1n) is 4.71. The predicted octanol–water partition coefficient (Wildman–Crippen LogP) is 2.66. The molecule has 1 aliphatic heterocycles. The second kappa shape index (κ2) is 2.78. The van der Waals surface area contributed by atoms with E-state index in [9.17, 15) is 0 Å². The molecule has 2 atom stereocenters. The average Bonchev–Trinajstić information content (AvgIpc) is 2.08. The van der Waals surface area contributed by atoms with Crippen LogP contribution < -0.4 is 0 Å². The number of likely N-dealkylation sites (tertiary alicyclic amines) is 1. The molecule has 0 unspecified atom stereocenters. The molecule has 0 saturated carbocycles. The molecule has 0 amide bonds. The molecule has 0 spiro atoms. The lowest BCUT2D eigenvalue weighted by molar-refractivity contribution is 0.0912. The minimum Gasteiger partial charge on any atom is -0.293 e. The maximum Gasteiger partial charge on any atom is 0.0130 e. The van der Waals surface area contributed by atoms with Crippen LogP contribution in [0.4, 0.5) is 0 Å². The van der Waals surface area contributed by atoms with E-state index in [0.717, 1.165) is 12.1 Å². The summed E-state index contributed by atoms with van der Waals surface area (Å²) >= 11 is 0. The third-order valence-corrected chi connectivity index (χ3v) is 2.73. The van der Waals surface area contributed by atoms with Gasteiger partial charge in [0.1, 0.15) is 0 Å². The van der Waals surface area contributed by atoms with Crippen molar-refractivity contribution in [2.45, 2.75) is 65.1 Å². The van der Waals surface area contributed by atoms with Gasteiger partial charge in [0, 0.05) is 17.6 Å². The Bertz CT molecular complexity index is 124. The van der Waals surface area contributed by atoms with E-state index in [-0.39, 0.29) is 0 Å². The van der Waals surface area contributed by atoms with E-state index in [1.165, 1.54) is 12.8 Å². The first kappa shape index (κ1) is 9.05. The molecule has 0 aliphatic carbocycles. The molecular weight excluding hydrogens is 134 g/mol. The Hall–Kier alpha value is -0.0400. The Balaban J connectivity index is 2.69. The number of nitrogens with zero attached hydrogens (tertiary/aromatic N) is 1. The van der Waals surface area contributed by atoms with Gasteiger partial charge in [-0.25, -0.2) is 0 Å². The summed E-state index contributed by atoms with van der Waals surface area (Å²) in [7, 11) is 0. The topological polar surface area (TPSA) is 3.24 Å². The van der Waals surface area contributed by atoms with Crippen molar-refractivity contribution in [2.24, 2.45) is 0 Å². The van der Waals surface area contributed by atoms with Gasteiger partial charge in [-0.15, -0.1) is 0 Å². The highest BCUT2D eigenvalue weighted by molar-refractivity contribution is 4.90. The van der Waals surface area contributed by atoms with Crippen LogP contribution in [0.25, 0.3) is 0 Å². The van der Waals surface area contributed by atoms with Gasteiger partial charge < -0.3 is 0 Å². The van der Waals surface area contributed by atoms with Crippen LogP contribution in [-0.4, -0.2) is 22.5 Å². The summed E-state index contributed by atoms with van der Waals surface area (Å²) in [6, 6.07) is 1.56. The van der Waals surface area contributed by atoms with Gasteiger partial charge in [0.15, 0.2) is 0 Å². The molecule has 1 nitrogen and oxygen atoms in total. The third-order valence-electron chi connectivity index (χ3n) is 2.73. The van der Waals surface area contributed by atoms with Crippen LogP contribution in [0.5, 0.6) is 0 Å². The fraction of sp³-hybridized carbons (Fsp3) is 1.00. The van der Waals surface area contributed by atoms with Crippen LogP contribution in [0.2, 0.25) is 0 Å². The van der Waals surface area contributed by atoms with Crippen molar-refractivity contribution < 1.29 is 0 Å². The molecular formula is C10H21N. The third kappa shape index (κ3) is 1.76. The highest BCUT2D eigenvalue weighted by Gasteiger charge is 2.34. The fourth-order valence-electron chi connectivity index (χ4n) is 2.52. The van der Waals surface area contributed by atoms with E-state index in [1.807, 2.05) is 0 Å². The molecule has 1 heterocycles. The largest absolute Gasteiger partial charge is 0.293 e. The first-order valence-corrected chi connectivity index (χ1v) is 4.71. The van der Waals surface area contributed by atoms with E-state index < -0.39 is 0 Å². The molecule has 0 aromatic carbocycles. The maximum atomic E-state index is 2.63. The van der Waals surface area contributed by atoms with E-state index in [2.05, 4.69) is 39.5 Å². The second-order valence-electron chi connectivity index (χ2n) is 4.85. The fourth-order valence-corrected chi connectivity index (χ4v) is 2.52. The molecule has 1 aliphatic rings. The second-order valence-corrected chi connectivity index (χ2v) is 4.85. The average molecular weight is 155 g/mol. The van der Waals surface area contributed by atoms with Crippen molar-refractivity contribution in [3.8, 4) is 0 Å². The molecule has 66 valence electrons. The quantitative estimate of drug-likeness (QED) is 0.520. The minimum atomic E-state index is 0.356. The van der Waals surface area contributed by atoms with Crippen molar-refractivity contribution in [1.29, 1.82) is 0 Å². The van der Waals surface area contributed by atoms with E-state index >= 15 is 0 Å². The minimum absolute atomic E-state index is 0.356. The zero-order chi connectivity index (χ0) is 8.65. The first-order chi connectivity index (χ1) is 4.93. The Labute approximate surface area is 70.8 Å². The highest BCUT2D eigenvalue weighted by Crippen LogP contribution is 2.30. The summed E-state index contributed by atoms with van der Waals surface area (Å²) in [4.78, 5) is 2.63. The van der Waals surface area contributed by atoms with Crippen LogP contribution in [0, 0.1) is 0 Å². The molecule has 0 N–H and O–H groups in total. The molecule has 1 rings (SSSR count). The zero-order valence-electron chi connectivity index (χ0n) is 8.52. The van der Waals surface area contributed by atoms with Crippen molar-refractivity contribution in [3.63, 3.8) is 0 Å². The van der Waals surface area contributed by atoms with E-state index in [0.29, 0.717) is 5.54 Å². The molecule has 11 heavy (non-hydrogen) atoms. The van der Waals surface area contributed by atoms with Gasteiger partial charge >= 0.3 is 0 Å². The Morgan fingerprint density at radius 2 is 1.36 bits per heavy atom. The zero-order valence-corrected chi connectivity index (χ0v) is 8.52. The van der Waals surface area contributed by atoms with Gasteiger partial charge in [-0.3, -0.25) is 4.90 Å². The summed E-state index contributed by atoms with van der Waals surface area (Å²) in [5.41, 5.74) is 0.356. The molecule has 0 aromatic rings. The van der Waals surface area contributed by atoms with Crippen molar-refractivity contribution in [2.75, 3.05) is 0 Å². The SMILES string of the molecule is C[C@@H]1CC[C@@H](C)N1C(C)(C)C. The summed E-state index contributed by atoms with van der Waals surface area (Å²) in [6.45, 7) is 11.6. The smallest absolute Gasteiger partial charge is 0.0130 e. The van der Waals surface area contributed by atoms with Gasteiger partial charge in [-0.1, -0.05) is 0 Å². The molecule has 0 radical (unpaired) electrons. The van der Waals surface area contributed by atoms with Crippen molar-refractivity contribution >= 4 is 0 Å². The number of rotatable bonds is 0. The molecule has 1 saturated heterocycles. The molecule has 0 bridgehead atoms. The molecule has 0 aromatic heterocycles. The van der Waals surface area contributed by atoms with Crippen molar-refractivity contribution in [1.82, 2.24) is 4.90 Å². The number of hydrogen-bond donors (Lipinski definition) is 0. The molecule has 1 heteroatoms. The summed E-state index contributed by atoms with van der Waals surface area (Å²) in [5.74, 6) is 0. The van der Waals surface area contributed by atoms with Gasteiger partial charge in [-0.05, 0) is 47.5 Å². The van der Waals surface area contributed by atoms with Crippen LogP contribution in [0.3, 0.4) is 0 Å². The van der Waals surface area contributed by atoms with Crippen molar-refractivity contribution in [3.05, 3.63) is 0 Å².